The van der Waals surface area contributed by atoms with Crippen LogP contribution >= 0.6 is 0 Å². The number of hydrogen-bond donors (Lipinski definition) is 1. The van der Waals surface area contributed by atoms with E-state index in [1.54, 1.807) is 12.1 Å². The average Bonchev–Trinajstić information content (AvgIpc) is 2.45. The van der Waals surface area contributed by atoms with Crippen LogP contribution in [0.15, 0.2) is 41.3 Å². The first-order valence-corrected chi connectivity index (χ1v) is 5.57. The molecule has 0 spiro atoms. The van der Waals surface area contributed by atoms with Crippen LogP contribution < -0.4 is 10.9 Å². The van der Waals surface area contributed by atoms with Crippen LogP contribution in [0.25, 0.3) is 11.4 Å². The van der Waals surface area contributed by atoms with Crippen LogP contribution in [0.4, 0.5) is 5.69 Å². The Bertz CT molecular complexity index is 650. The zero-order chi connectivity index (χ0) is 13.7. The molecule has 0 saturated heterocycles. The van der Waals surface area contributed by atoms with Gasteiger partial charge in [0, 0.05) is 5.56 Å². The van der Waals surface area contributed by atoms with Crippen LogP contribution in [0.1, 0.15) is 0 Å². The van der Waals surface area contributed by atoms with Gasteiger partial charge in [0.2, 0.25) is 6.41 Å². The lowest BCUT2D eigenvalue weighted by Gasteiger charge is -2.10. The van der Waals surface area contributed by atoms with Crippen molar-refractivity contribution in [2.75, 3.05) is 5.32 Å². The summed E-state index contributed by atoms with van der Waals surface area (Å²) < 4.78 is 1.22. The highest BCUT2D eigenvalue weighted by molar-refractivity contribution is 5.71. The Labute approximate surface area is 108 Å². The van der Waals surface area contributed by atoms with Crippen LogP contribution in [0.3, 0.4) is 0 Å². The number of carbonyl (C=O) groups is 2. The number of rotatable bonds is 5. The Balaban J connectivity index is 2.62. The van der Waals surface area contributed by atoms with E-state index in [2.05, 4.69) is 10.3 Å². The minimum Gasteiger partial charge on any atom is -0.323 e. The Hall–Kier alpha value is -2.76. The number of anilines is 1. The van der Waals surface area contributed by atoms with Crippen molar-refractivity contribution in [3.63, 3.8) is 0 Å². The first-order chi connectivity index (χ1) is 9.27. The predicted molar refractivity (Wildman–Crippen MR) is 69.7 cm³/mol. The molecule has 1 N–H and O–H groups in total. The molecule has 2 aromatic rings. The van der Waals surface area contributed by atoms with Crippen molar-refractivity contribution in [3.8, 4) is 11.4 Å². The third-order valence-electron chi connectivity index (χ3n) is 2.55. The molecular weight excluding hydrogens is 246 g/mol. The largest absolute Gasteiger partial charge is 0.323 e. The van der Waals surface area contributed by atoms with Gasteiger partial charge in [-0.15, -0.1) is 0 Å². The Morgan fingerprint density at radius 1 is 1.21 bits per heavy atom. The van der Waals surface area contributed by atoms with Crippen molar-refractivity contribution in [1.82, 2.24) is 9.55 Å². The van der Waals surface area contributed by atoms with Crippen LogP contribution in [-0.4, -0.2) is 22.2 Å². The molecule has 96 valence electrons. The average molecular weight is 257 g/mol. The first-order valence-electron chi connectivity index (χ1n) is 5.57. The van der Waals surface area contributed by atoms with Crippen molar-refractivity contribution in [1.29, 1.82) is 0 Å². The standard InChI is InChI=1S/C13H11N3O3/c17-7-6-16-12(10-4-2-1-3-5-10)14-8-11(13(16)19)15-9-18/h1-5,7-9H,6H2,(H,15,18). The number of nitrogens with one attached hydrogen (secondary N) is 1. The molecule has 2 rings (SSSR count). The zero-order valence-electron chi connectivity index (χ0n) is 9.95. The second kappa shape index (κ2) is 5.72. The minimum atomic E-state index is -0.465. The van der Waals surface area contributed by atoms with Gasteiger partial charge in [0.15, 0.2) is 0 Å². The smallest absolute Gasteiger partial charge is 0.277 e. The van der Waals surface area contributed by atoms with Gasteiger partial charge < -0.3 is 10.1 Å². The fourth-order valence-electron chi connectivity index (χ4n) is 1.72. The molecule has 1 amide bonds. The van der Waals surface area contributed by atoms with Crippen LogP contribution in [-0.2, 0) is 16.1 Å². The molecule has 1 heterocycles. The highest BCUT2D eigenvalue weighted by atomic mass is 16.1. The number of aldehydes is 1. The summed E-state index contributed by atoms with van der Waals surface area (Å²) in [6.07, 6.45) is 2.28. The van der Waals surface area contributed by atoms with Gasteiger partial charge in [-0.1, -0.05) is 30.3 Å². The second-order valence-electron chi connectivity index (χ2n) is 3.71. The molecule has 6 nitrogen and oxygen atoms in total. The van der Waals surface area contributed by atoms with Gasteiger partial charge in [0.05, 0.1) is 12.7 Å². The van der Waals surface area contributed by atoms with Crippen molar-refractivity contribution >= 4 is 18.4 Å². The molecule has 0 aliphatic heterocycles. The van der Waals surface area contributed by atoms with E-state index in [0.717, 1.165) is 5.56 Å². The zero-order valence-corrected chi connectivity index (χ0v) is 9.95. The van der Waals surface area contributed by atoms with Crippen LogP contribution in [0, 0.1) is 0 Å². The number of carbonyl (C=O) groups excluding carboxylic acids is 2. The van der Waals surface area contributed by atoms with Gasteiger partial charge in [0.1, 0.15) is 17.8 Å². The molecular formula is C13H11N3O3. The van der Waals surface area contributed by atoms with Gasteiger partial charge >= 0.3 is 0 Å². The fraction of sp³-hybridized carbons (Fsp3) is 0.0769. The van der Waals surface area contributed by atoms with E-state index in [4.69, 9.17) is 0 Å². The van der Waals surface area contributed by atoms with Crippen molar-refractivity contribution in [3.05, 3.63) is 46.9 Å². The lowest BCUT2D eigenvalue weighted by atomic mass is 10.2. The molecule has 0 radical (unpaired) electrons. The molecule has 1 aromatic heterocycles. The van der Waals surface area contributed by atoms with Gasteiger partial charge in [0.25, 0.3) is 5.56 Å². The predicted octanol–water partition coefficient (Wildman–Crippen LogP) is 0.677. The summed E-state index contributed by atoms with van der Waals surface area (Å²) in [5.74, 6) is 0.383. The SMILES string of the molecule is O=CCn1c(-c2ccccc2)ncc(NC=O)c1=O. The Morgan fingerprint density at radius 2 is 1.95 bits per heavy atom. The minimum absolute atomic E-state index is 0.0385. The summed E-state index contributed by atoms with van der Waals surface area (Å²) in [4.78, 5) is 37.3. The van der Waals surface area contributed by atoms with Crippen molar-refractivity contribution in [2.24, 2.45) is 0 Å². The number of amides is 1. The highest BCUT2D eigenvalue weighted by Crippen LogP contribution is 2.15. The first kappa shape index (κ1) is 12.7. The Kier molecular flexibility index (Phi) is 3.82. The molecule has 0 aliphatic rings. The normalized spacial score (nSPS) is 9.89. The van der Waals surface area contributed by atoms with E-state index in [1.165, 1.54) is 10.8 Å². The van der Waals surface area contributed by atoms with E-state index in [1.807, 2.05) is 18.2 Å². The number of nitrogens with zero attached hydrogens (tertiary/aromatic N) is 2. The molecule has 0 fully saturated rings. The topological polar surface area (TPSA) is 81.1 Å². The third kappa shape index (κ3) is 2.57. The molecule has 0 saturated carbocycles. The van der Waals surface area contributed by atoms with E-state index in [-0.39, 0.29) is 12.2 Å². The summed E-state index contributed by atoms with van der Waals surface area (Å²) in [6.45, 7) is -0.121. The maximum Gasteiger partial charge on any atom is 0.277 e. The summed E-state index contributed by atoms with van der Waals surface area (Å²) in [6, 6.07) is 9.04. The summed E-state index contributed by atoms with van der Waals surface area (Å²) in [7, 11) is 0. The quantitative estimate of drug-likeness (QED) is 0.798. The van der Waals surface area contributed by atoms with E-state index in [0.29, 0.717) is 18.5 Å². The molecule has 19 heavy (non-hydrogen) atoms. The highest BCUT2D eigenvalue weighted by Gasteiger charge is 2.11. The van der Waals surface area contributed by atoms with Gasteiger partial charge in [-0.25, -0.2) is 4.98 Å². The van der Waals surface area contributed by atoms with Gasteiger partial charge in [-0.2, -0.15) is 0 Å². The summed E-state index contributed by atoms with van der Waals surface area (Å²) >= 11 is 0. The van der Waals surface area contributed by atoms with Crippen LogP contribution in [0.5, 0.6) is 0 Å². The van der Waals surface area contributed by atoms with E-state index >= 15 is 0 Å². The lowest BCUT2D eigenvalue weighted by molar-refractivity contribution is -0.108. The molecule has 0 bridgehead atoms. The lowest BCUT2D eigenvalue weighted by Crippen LogP contribution is -2.26. The van der Waals surface area contributed by atoms with Crippen molar-refractivity contribution < 1.29 is 9.59 Å². The van der Waals surface area contributed by atoms with Gasteiger partial charge in [-0.3, -0.25) is 14.2 Å². The number of benzene rings is 1. The monoisotopic (exact) mass is 257 g/mol. The summed E-state index contributed by atoms with van der Waals surface area (Å²) in [5, 5.41) is 2.26. The number of hydrogen-bond acceptors (Lipinski definition) is 4. The molecule has 0 unspecified atom stereocenters. The number of aromatic nitrogens is 2. The van der Waals surface area contributed by atoms with Crippen molar-refractivity contribution in [2.45, 2.75) is 6.54 Å². The van der Waals surface area contributed by atoms with E-state index < -0.39 is 5.56 Å². The fourth-order valence-corrected chi connectivity index (χ4v) is 1.72. The molecule has 6 heteroatoms. The third-order valence-corrected chi connectivity index (χ3v) is 2.55. The Morgan fingerprint density at radius 3 is 2.58 bits per heavy atom. The summed E-state index contributed by atoms with van der Waals surface area (Å²) in [5.41, 5.74) is 0.295. The van der Waals surface area contributed by atoms with Crippen LogP contribution in [0.2, 0.25) is 0 Å². The molecule has 0 atom stereocenters. The second-order valence-corrected chi connectivity index (χ2v) is 3.71. The van der Waals surface area contributed by atoms with Gasteiger partial charge in [-0.05, 0) is 0 Å². The molecule has 1 aromatic carbocycles. The maximum atomic E-state index is 12.1. The molecule has 0 aliphatic carbocycles. The van der Waals surface area contributed by atoms with E-state index in [9.17, 15) is 14.4 Å². The maximum absolute atomic E-state index is 12.1.